The summed E-state index contributed by atoms with van der Waals surface area (Å²) >= 11 is 6.13. The van der Waals surface area contributed by atoms with E-state index >= 15 is 0 Å². The minimum atomic E-state index is -0.947. The largest absolute Gasteiger partial charge is 0.481 e. The van der Waals surface area contributed by atoms with Gasteiger partial charge in [-0.2, -0.15) is 0 Å². The van der Waals surface area contributed by atoms with Gasteiger partial charge in [0, 0.05) is 0 Å². The summed E-state index contributed by atoms with van der Waals surface area (Å²) in [5.41, 5.74) is 0.350. The van der Waals surface area contributed by atoms with Crippen molar-refractivity contribution in [2.24, 2.45) is 5.92 Å². The highest BCUT2D eigenvalue weighted by molar-refractivity contribution is 6.34. The van der Waals surface area contributed by atoms with Crippen molar-refractivity contribution in [1.29, 1.82) is 0 Å². The number of halogens is 1. The van der Waals surface area contributed by atoms with Crippen LogP contribution < -0.4 is 5.32 Å². The van der Waals surface area contributed by atoms with E-state index < -0.39 is 11.5 Å². The van der Waals surface area contributed by atoms with E-state index in [2.05, 4.69) is 5.32 Å². The molecule has 0 aliphatic rings. The summed E-state index contributed by atoms with van der Waals surface area (Å²) in [5, 5.41) is 12.2. The lowest BCUT2D eigenvalue weighted by Crippen LogP contribution is -2.51. The molecule has 1 unspecified atom stereocenters. The Balaban J connectivity index is 3.03. The molecule has 1 aromatic rings. The first-order chi connectivity index (χ1) is 9.17. The average Bonchev–Trinajstić information content (AvgIpc) is 2.31. The molecule has 0 bridgehead atoms. The first kappa shape index (κ1) is 16.5. The van der Waals surface area contributed by atoms with Crippen LogP contribution in [-0.2, 0) is 4.79 Å². The lowest BCUT2D eigenvalue weighted by molar-refractivity contribution is -0.138. The SMILES string of the molecule is Cc1cccc(C(=O)NC(C)(CC(=O)O)C(C)C)c1Cl. The molecule has 0 aliphatic heterocycles. The number of rotatable bonds is 5. The Hall–Kier alpha value is -1.55. The summed E-state index contributed by atoms with van der Waals surface area (Å²) in [5.74, 6) is -1.32. The van der Waals surface area contributed by atoms with Gasteiger partial charge in [-0.05, 0) is 31.4 Å². The zero-order chi connectivity index (χ0) is 15.5. The predicted molar refractivity (Wildman–Crippen MR) is 79.2 cm³/mol. The Morgan fingerprint density at radius 1 is 1.40 bits per heavy atom. The van der Waals surface area contributed by atoms with Gasteiger partial charge >= 0.3 is 5.97 Å². The maximum atomic E-state index is 12.3. The van der Waals surface area contributed by atoms with Crippen LogP contribution in [0.1, 0.15) is 43.1 Å². The molecule has 5 heteroatoms. The van der Waals surface area contributed by atoms with Gasteiger partial charge in [0.05, 0.1) is 22.5 Å². The number of hydrogen-bond donors (Lipinski definition) is 2. The topological polar surface area (TPSA) is 66.4 Å². The molecule has 4 nitrogen and oxygen atoms in total. The Morgan fingerprint density at radius 3 is 2.50 bits per heavy atom. The standard InChI is InChI=1S/C15H20ClNO3/c1-9(2)15(4,8-12(18)19)17-14(20)11-7-5-6-10(3)13(11)16/h5-7,9H,8H2,1-4H3,(H,17,20)(H,18,19). The van der Waals surface area contributed by atoms with Crippen LogP contribution in [0.15, 0.2) is 18.2 Å². The van der Waals surface area contributed by atoms with E-state index in [9.17, 15) is 9.59 Å². The molecule has 0 aliphatic carbocycles. The third kappa shape index (κ3) is 3.73. The van der Waals surface area contributed by atoms with Crippen molar-refractivity contribution < 1.29 is 14.7 Å². The van der Waals surface area contributed by atoms with E-state index in [-0.39, 0.29) is 18.2 Å². The number of carboxylic acid groups (broad SMARTS) is 1. The van der Waals surface area contributed by atoms with Crippen molar-refractivity contribution in [3.63, 3.8) is 0 Å². The van der Waals surface area contributed by atoms with E-state index in [1.165, 1.54) is 0 Å². The van der Waals surface area contributed by atoms with Crippen LogP contribution in [0, 0.1) is 12.8 Å². The summed E-state index contributed by atoms with van der Waals surface area (Å²) in [6.07, 6.45) is -0.139. The van der Waals surface area contributed by atoms with Gasteiger partial charge < -0.3 is 10.4 Å². The molecule has 0 aromatic heterocycles. The quantitative estimate of drug-likeness (QED) is 0.876. The second-order valence-corrected chi connectivity index (χ2v) is 5.91. The summed E-state index contributed by atoms with van der Waals surface area (Å²) in [6, 6.07) is 5.20. The minimum Gasteiger partial charge on any atom is -0.481 e. The fraction of sp³-hybridized carbons (Fsp3) is 0.467. The van der Waals surface area contributed by atoms with Crippen molar-refractivity contribution in [2.75, 3.05) is 0 Å². The first-order valence-corrected chi connectivity index (χ1v) is 6.84. The van der Waals surface area contributed by atoms with Crippen LogP contribution in [0.3, 0.4) is 0 Å². The average molecular weight is 298 g/mol. The van der Waals surface area contributed by atoms with Crippen LogP contribution in [-0.4, -0.2) is 22.5 Å². The lowest BCUT2D eigenvalue weighted by Gasteiger charge is -2.33. The first-order valence-electron chi connectivity index (χ1n) is 6.47. The zero-order valence-electron chi connectivity index (χ0n) is 12.2. The summed E-state index contributed by atoms with van der Waals surface area (Å²) in [6.45, 7) is 7.30. The number of carbonyl (C=O) groups excluding carboxylic acids is 1. The number of aliphatic carboxylic acids is 1. The number of benzene rings is 1. The van der Waals surface area contributed by atoms with Crippen molar-refractivity contribution in [2.45, 2.75) is 39.7 Å². The Labute approximate surface area is 124 Å². The molecule has 1 aromatic carbocycles. The van der Waals surface area contributed by atoms with Crippen molar-refractivity contribution in [3.8, 4) is 0 Å². The number of hydrogen-bond acceptors (Lipinski definition) is 2. The fourth-order valence-corrected chi connectivity index (χ4v) is 2.07. The van der Waals surface area contributed by atoms with Crippen LogP contribution in [0.4, 0.5) is 0 Å². The van der Waals surface area contributed by atoms with E-state index in [4.69, 9.17) is 16.7 Å². The van der Waals surface area contributed by atoms with Gasteiger partial charge in [-0.3, -0.25) is 9.59 Å². The third-order valence-electron chi connectivity index (χ3n) is 3.63. The molecule has 0 saturated carbocycles. The second-order valence-electron chi connectivity index (χ2n) is 5.53. The number of carbonyl (C=O) groups is 2. The van der Waals surface area contributed by atoms with Gasteiger partial charge in [-0.25, -0.2) is 0 Å². The molecule has 20 heavy (non-hydrogen) atoms. The number of aryl methyl sites for hydroxylation is 1. The molecule has 0 spiro atoms. The fourth-order valence-electron chi connectivity index (χ4n) is 1.86. The smallest absolute Gasteiger partial charge is 0.305 e. The predicted octanol–water partition coefficient (Wildman–Crippen LogP) is 3.27. The highest BCUT2D eigenvalue weighted by Gasteiger charge is 2.33. The Morgan fingerprint density at radius 2 is 2.00 bits per heavy atom. The molecule has 0 saturated heterocycles. The van der Waals surface area contributed by atoms with E-state index in [0.29, 0.717) is 10.6 Å². The molecule has 2 N–H and O–H groups in total. The van der Waals surface area contributed by atoms with Gasteiger partial charge in [0.15, 0.2) is 0 Å². The molecule has 0 fully saturated rings. The van der Waals surface area contributed by atoms with E-state index in [1.807, 2.05) is 26.8 Å². The van der Waals surface area contributed by atoms with Gasteiger partial charge in [0.1, 0.15) is 0 Å². The molecule has 1 rings (SSSR count). The zero-order valence-corrected chi connectivity index (χ0v) is 12.9. The van der Waals surface area contributed by atoms with Gasteiger partial charge in [-0.1, -0.05) is 37.6 Å². The second kappa shape index (κ2) is 6.27. The van der Waals surface area contributed by atoms with Crippen LogP contribution in [0.5, 0.6) is 0 Å². The minimum absolute atomic E-state index is 0.0221. The number of amides is 1. The van der Waals surface area contributed by atoms with Crippen LogP contribution in [0.25, 0.3) is 0 Å². The van der Waals surface area contributed by atoms with Gasteiger partial charge in [0.2, 0.25) is 0 Å². The van der Waals surface area contributed by atoms with Crippen LogP contribution in [0.2, 0.25) is 5.02 Å². The van der Waals surface area contributed by atoms with E-state index in [0.717, 1.165) is 5.56 Å². The van der Waals surface area contributed by atoms with E-state index in [1.54, 1.807) is 19.1 Å². The lowest BCUT2D eigenvalue weighted by atomic mass is 9.85. The third-order valence-corrected chi connectivity index (χ3v) is 4.13. The highest BCUT2D eigenvalue weighted by Crippen LogP contribution is 2.24. The molecule has 0 radical (unpaired) electrons. The maximum Gasteiger partial charge on any atom is 0.305 e. The summed E-state index contributed by atoms with van der Waals surface area (Å²) in [4.78, 5) is 23.3. The van der Waals surface area contributed by atoms with Gasteiger partial charge in [0.25, 0.3) is 5.91 Å². The summed E-state index contributed by atoms with van der Waals surface area (Å²) in [7, 11) is 0. The maximum absolute atomic E-state index is 12.3. The number of nitrogens with one attached hydrogen (secondary N) is 1. The summed E-state index contributed by atoms with van der Waals surface area (Å²) < 4.78 is 0. The van der Waals surface area contributed by atoms with Crippen molar-refractivity contribution >= 4 is 23.5 Å². The Kier molecular flexibility index (Phi) is 5.17. The normalized spacial score (nSPS) is 13.9. The molecular formula is C15H20ClNO3. The van der Waals surface area contributed by atoms with Crippen molar-refractivity contribution in [1.82, 2.24) is 5.32 Å². The highest BCUT2D eigenvalue weighted by atomic mass is 35.5. The molecule has 1 amide bonds. The number of carboxylic acids is 1. The Bertz CT molecular complexity index is 528. The molecule has 0 heterocycles. The monoisotopic (exact) mass is 297 g/mol. The van der Waals surface area contributed by atoms with Gasteiger partial charge in [-0.15, -0.1) is 0 Å². The molecule has 110 valence electrons. The molecular weight excluding hydrogens is 278 g/mol. The molecule has 1 atom stereocenters. The van der Waals surface area contributed by atoms with Crippen LogP contribution >= 0.6 is 11.6 Å². The van der Waals surface area contributed by atoms with Crippen molar-refractivity contribution in [3.05, 3.63) is 34.3 Å².